The fraction of sp³-hybridized carbons (Fsp3) is 0.909. The Labute approximate surface area is 86.6 Å². The molecule has 3 atom stereocenters. The molecule has 3 unspecified atom stereocenters. The molecule has 0 aromatic carbocycles. The predicted octanol–water partition coefficient (Wildman–Crippen LogP) is 1.23. The molecule has 3 heteroatoms. The van der Waals surface area contributed by atoms with Gasteiger partial charge < -0.3 is 10.6 Å². The third-order valence-electron chi connectivity index (χ3n) is 3.03. The molecule has 3 nitrogen and oxygen atoms in total. The first-order chi connectivity index (χ1) is 6.54. The molecule has 0 spiro atoms. The van der Waals surface area contributed by atoms with Crippen LogP contribution in [0.2, 0.25) is 0 Å². The molecule has 0 saturated carbocycles. The SMILES string of the molecule is CC(CN)CC(=O)N1CC(C)CC1C. The fourth-order valence-corrected chi connectivity index (χ4v) is 2.15. The lowest BCUT2D eigenvalue weighted by molar-refractivity contribution is -0.132. The Balaban J connectivity index is 2.44. The average Bonchev–Trinajstić information content (AvgIpc) is 2.45. The number of nitrogens with two attached hydrogens (primary N) is 1. The maximum atomic E-state index is 11.8. The van der Waals surface area contributed by atoms with E-state index in [0.29, 0.717) is 30.8 Å². The van der Waals surface area contributed by atoms with Crippen LogP contribution in [0.1, 0.15) is 33.6 Å². The molecule has 0 aromatic heterocycles. The summed E-state index contributed by atoms with van der Waals surface area (Å²) in [5.74, 6) is 1.24. The van der Waals surface area contributed by atoms with Gasteiger partial charge in [0.2, 0.25) is 5.91 Å². The van der Waals surface area contributed by atoms with E-state index in [0.717, 1.165) is 13.0 Å². The van der Waals surface area contributed by atoms with Crippen LogP contribution in [0.4, 0.5) is 0 Å². The zero-order valence-corrected chi connectivity index (χ0v) is 9.49. The third-order valence-corrected chi connectivity index (χ3v) is 3.03. The van der Waals surface area contributed by atoms with Gasteiger partial charge in [-0.3, -0.25) is 4.79 Å². The Hall–Kier alpha value is -0.570. The van der Waals surface area contributed by atoms with E-state index in [2.05, 4.69) is 13.8 Å². The Morgan fingerprint density at radius 1 is 1.57 bits per heavy atom. The van der Waals surface area contributed by atoms with Crippen LogP contribution in [0.5, 0.6) is 0 Å². The molecule has 1 saturated heterocycles. The molecule has 2 N–H and O–H groups in total. The van der Waals surface area contributed by atoms with Crippen LogP contribution in [-0.4, -0.2) is 29.9 Å². The number of carbonyl (C=O) groups excluding carboxylic acids is 1. The summed E-state index contributed by atoms with van der Waals surface area (Å²) in [5, 5.41) is 0. The maximum absolute atomic E-state index is 11.8. The van der Waals surface area contributed by atoms with Gasteiger partial charge in [0.05, 0.1) is 0 Å². The summed E-state index contributed by atoms with van der Waals surface area (Å²) >= 11 is 0. The highest BCUT2D eigenvalue weighted by Gasteiger charge is 2.29. The number of hydrogen-bond donors (Lipinski definition) is 1. The zero-order chi connectivity index (χ0) is 10.7. The molecule has 1 amide bonds. The van der Waals surface area contributed by atoms with E-state index in [-0.39, 0.29) is 5.91 Å². The molecule has 0 radical (unpaired) electrons. The summed E-state index contributed by atoms with van der Waals surface area (Å²) in [5.41, 5.74) is 5.51. The number of carbonyl (C=O) groups is 1. The van der Waals surface area contributed by atoms with E-state index in [4.69, 9.17) is 5.73 Å². The Kier molecular flexibility index (Phi) is 3.93. The quantitative estimate of drug-likeness (QED) is 0.741. The van der Waals surface area contributed by atoms with Gasteiger partial charge in [-0.05, 0) is 31.7 Å². The van der Waals surface area contributed by atoms with Crippen LogP contribution in [0.15, 0.2) is 0 Å². The normalized spacial score (nSPS) is 29.3. The first kappa shape index (κ1) is 11.5. The largest absolute Gasteiger partial charge is 0.340 e. The second kappa shape index (κ2) is 4.78. The number of likely N-dealkylation sites (tertiary alicyclic amines) is 1. The molecule has 1 fully saturated rings. The highest BCUT2D eigenvalue weighted by Crippen LogP contribution is 2.23. The van der Waals surface area contributed by atoms with Crippen molar-refractivity contribution in [1.29, 1.82) is 0 Å². The van der Waals surface area contributed by atoms with Gasteiger partial charge in [0, 0.05) is 19.0 Å². The van der Waals surface area contributed by atoms with Gasteiger partial charge in [-0.25, -0.2) is 0 Å². The van der Waals surface area contributed by atoms with Crippen LogP contribution < -0.4 is 5.73 Å². The van der Waals surface area contributed by atoms with Crippen molar-refractivity contribution in [2.24, 2.45) is 17.6 Å². The smallest absolute Gasteiger partial charge is 0.223 e. The monoisotopic (exact) mass is 198 g/mol. The molecule has 0 bridgehead atoms. The van der Waals surface area contributed by atoms with Crippen molar-refractivity contribution in [2.75, 3.05) is 13.1 Å². The molecule has 1 aliphatic rings. The van der Waals surface area contributed by atoms with Crippen molar-refractivity contribution in [3.8, 4) is 0 Å². The van der Waals surface area contributed by atoms with Crippen molar-refractivity contribution in [1.82, 2.24) is 4.90 Å². The number of amides is 1. The van der Waals surface area contributed by atoms with Crippen LogP contribution in [0, 0.1) is 11.8 Å². The van der Waals surface area contributed by atoms with E-state index < -0.39 is 0 Å². The summed E-state index contributed by atoms with van der Waals surface area (Å²) in [7, 11) is 0. The van der Waals surface area contributed by atoms with Crippen molar-refractivity contribution < 1.29 is 4.79 Å². The minimum Gasteiger partial charge on any atom is -0.340 e. The van der Waals surface area contributed by atoms with Crippen molar-refractivity contribution in [3.63, 3.8) is 0 Å². The first-order valence-corrected chi connectivity index (χ1v) is 5.54. The molecule has 14 heavy (non-hydrogen) atoms. The van der Waals surface area contributed by atoms with Gasteiger partial charge in [-0.1, -0.05) is 13.8 Å². The minimum absolute atomic E-state index is 0.278. The molecule has 82 valence electrons. The second-order valence-electron chi connectivity index (χ2n) is 4.78. The topological polar surface area (TPSA) is 46.3 Å². The summed E-state index contributed by atoms with van der Waals surface area (Å²) < 4.78 is 0. The summed E-state index contributed by atoms with van der Waals surface area (Å²) in [6, 6.07) is 0.419. The first-order valence-electron chi connectivity index (χ1n) is 5.54. The van der Waals surface area contributed by atoms with Crippen molar-refractivity contribution >= 4 is 5.91 Å². The zero-order valence-electron chi connectivity index (χ0n) is 9.49. The highest BCUT2D eigenvalue weighted by molar-refractivity contribution is 5.77. The highest BCUT2D eigenvalue weighted by atomic mass is 16.2. The van der Waals surface area contributed by atoms with Crippen LogP contribution >= 0.6 is 0 Å². The molecule has 1 aliphatic heterocycles. The van der Waals surface area contributed by atoms with E-state index in [1.807, 2.05) is 11.8 Å². The van der Waals surface area contributed by atoms with Crippen molar-refractivity contribution in [3.05, 3.63) is 0 Å². The second-order valence-corrected chi connectivity index (χ2v) is 4.78. The Morgan fingerprint density at radius 2 is 2.21 bits per heavy atom. The van der Waals surface area contributed by atoms with Crippen LogP contribution in [0.25, 0.3) is 0 Å². The van der Waals surface area contributed by atoms with Gasteiger partial charge >= 0.3 is 0 Å². The van der Waals surface area contributed by atoms with E-state index in [1.165, 1.54) is 0 Å². The number of rotatable bonds is 3. The summed E-state index contributed by atoms with van der Waals surface area (Å²) in [4.78, 5) is 13.9. The van der Waals surface area contributed by atoms with Crippen LogP contribution in [-0.2, 0) is 4.79 Å². The average molecular weight is 198 g/mol. The van der Waals surface area contributed by atoms with Crippen LogP contribution in [0.3, 0.4) is 0 Å². The Bertz CT molecular complexity index is 205. The maximum Gasteiger partial charge on any atom is 0.223 e. The standard InChI is InChI=1S/C11H22N2O/c1-8(6-12)5-11(14)13-7-9(2)4-10(13)3/h8-10H,4-7,12H2,1-3H3. The van der Waals surface area contributed by atoms with Gasteiger partial charge in [0.15, 0.2) is 0 Å². The van der Waals surface area contributed by atoms with E-state index >= 15 is 0 Å². The summed E-state index contributed by atoms with van der Waals surface area (Å²) in [6.45, 7) is 7.90. The predicted molar refractivity (Wildman–Crippen MR) is 57.8 cm³/mol. The molecular formula is C11H22N2O. The van der Waals surface area contributed by atoms with Gasteiger partial charge in [-0.2, -0.15) is 0 Å². The van der Waals surface area contributed by atoms with E-state index in [1.54, 1.807) is 0 Å². The molecule has 0 aliphatic carbocycles. The summed E-state index contributed by atoms with van der Waals surface area (Å²) in [6.07, 6.45) is 1.75. The molecular weight excluding hydrogens is 176 g/mol. The lowest BCUT2D eigenvalue weighted by Gasteiger charge is -2.22. The molecule has 1 heterocycles. The number of hydrogen-bond acceptors (Lipinski definition) is 2. The molecule has 1 rings (SSSR count). The lowest BCUT2D eigenvalue weighted by atomic mass is 10.1. The van der Waals surface area contributed by atoms with Crippen molar-refractivity contribution in [2.45, 2.75) is 39.7 Å². The number of nitrogens with zero attached hydrogens (tertiary/aromatic N) is 1. The fourth-order valence-electron chi connectivity index (χ4n) is 2.15. The molecule has 0 aromatic rings. The van der Waals surface area contributed by atoms with Gasteiger partial charge in [0.25, 0.3) is 0 Å². The Morgan fingerprint density at radius 3 is 2.64 bits per heavy atom. The van der Waals surface area contributed by atoms with Gasteiger partial charge in [0.1, 0.15) is 0 Å². The third kappa shape index (κ3) is 2.71. The van der Waals surface area contributed by atoms with Gasteiger partial charge in [-0.15, -0.1) is 0 Å². The van der Waals surface area contributed by atoms with E-state index in [9.17, 15) is 4.79 Å². The minimum atomic E-state index is 0.278. The lowest BCUT2D eigenvalue weighted by Crippen LogP contribution is -2.35.